The van der Waals surface area contributed by atoms with Crippen molar-refractivity contribution in [3.8, 4) is 17.0 Å². The number of ether oxygens (including phenoxy) is 1. The molecule has 0 spiro atoms. The van der Waals surface area contributed by atoms with Gasteiger partial charge in [0.1, 0.15) is 16.3 Å². The van der Waals surface area contributed by atoms with E-state index in [2.05, 4.69) is 14.5 Å². The van der Waals surface area contributed by atoms with Crippen molar-refractivity contribution < 1.29 is 9.53 Å². The van der Waals surface area contributed by atoms with Gasteiger partial charge in [-0.3, -0.25) is 4.79 Å². The summed E-state index contributed by atoms with van der Waals surface area (Å²) < 4.78 is 9.46. The van der Waals surface area contributed by atoms with Gasteiger partial charge >= 0.3 is 0 Å². The highest BCUT2D eigenvalue weighted by Crippen LogP contribution is 2.30. The first-order valence-electron chi connectivity index (χ1n) is 8.93. The molecular formula is C20H19ClN4O2S. The maximum Gasteiger partial charge on any atom is 0.268 e. The number of para-hydroxylation sites is 2. The van der Waals surface area contributed by atoms with Gasteiger partial charge in [-0.2, -0.15) is 0 Å². The van der Waals surface area contributed by atoms with Gasteiger partial charge in [-0.05, 0) is 35.8 Å². The second-order valence-corrected chi connectivity index (χ2v) is 7.60. The van der Waals surface area contributed by atoms with E-state index in [0.717, 1.165) is 41.6 Å². The number of amides is 1. The molecule has 0 atom stereocenters. The van der Waals surface area contributed by atoms with Gasteiger partial charge in [-0.15, -0.1) is 5.10 Å². The maximum atomic E-state index is 13.1. The van der Waals surface area contributed by atoms with Crippen LogP contribution in [-0.2, 0) is 0 Å². The van der Waals surface area contributed by atoms with Crippen LogP contribution in [0.3, 0.4) is 0 Å². The SMILES string of the molecule is COc1ccccc1N1CCN(C(=O)c2snnc2-c2ccc(Cl)cc2)CC1. The van der Waals surface area contributed by atoms with Crippen molar-refractivity contribution in [3.05, 3.63) is 58.4 Å². The van der Waals surface area contributed by atoms with E-state index in [4.69, 9.17) is 16.3 Å². The van der Waals surface area contributed by atoms with Crippen LogP contribution in [-0.4, -0.2) is 53.7 Å². The van der Waals surface area contributed by atoms with Crippen molar-refractivity contribution in [2.75, 3.05) is 38.2 Å². The molecule has 4 rings (SSSR count). The largest absolute Gasteiger partial charge is 0.495 e. The van der Waals surface area contributed by atoms with E-state index in [-0.39, 0.29) is 5.91 Å². The van der Waals surface area contributed by atoms with Crippen LogP contribution in [0, 0.1) is 0 Å². The van der Waals surface area contributed by atoms with Crippen molar-refractivity contribution in [3.63, 3.8) is 0 Å². The predicted molar refractivity (Wildman–Crippen MR) is 111 cm³/mol. The molecule has 1 saturated heterocycles. The zero-order valence-corrected chi connectivity index (χ0v) is 16.9. The Morgan fingerprint density at radius 1 is 1.07 bits per heavy atom. The number of hydrogen-bond acceptors (Lipinski definition) is 6. The monoisotopic (exact) mass is 414 g/mol. The topological polar surface area (TPSA) is 58.6 Å². The minimum atomic E-state index is -0.0281. The summed E-state index contributed by atoms with van der Waals surface area (Å²) in [4.78, 5) is 17.7. The minimum Gasteiger partial charge on any atom is -0.495 e. The normalized spacial score (nSPS) is 14.2. The van der Waals surface area contributed by atoms with Crippen LogP contribution in [0.5, 0.6) is 5.75 Å². The van der Waals surface area contributed by atoms with E-state index in [9.17, 15) is 4.79 Å². The Morgan fingerprint density at radius 2 is 1.79 bits per heavy atom. The molecule has 0 bridgehead atoms. The van der Waals surface area contributed by atoms with Gasteiger partial charge in [0, 0.05) is 36.8 Å². The third-order valence-corrected chi connectivity index (χ3v) is 5.76. The molecule has 0 unspecified atom stereocenters. The van der Waals surface area contributed by atoms with Crippen LogP contribution in [0.1, 0.15) is 9.67 Å². The number of anilines is 1. The lowest BCUT2D eigenvalue weighted by molar-refractivity contribution is 0.0752. The predicted octanol–water partition coefficient (Wildman–Crippen LogP) is 3.83. The Kier molecular flexibility index (Phi) is 5.45. The number of halogens is 1. The fraction of sp³-hybridized carbons (Fsp3) is 0.250. The molecule has 1 aromatic heterocycles. The maximum absolute atomic E-state index is 13.1. The smallest absolute Gasteiger partial charge is 0.268 e. The summed E-state index contributed by atoms with van der Waals surface area (Å²) in [5.74, 6) is 0.818. The number of benzene rings is 2. The average Bonchev–Trinajstić information content (AvgIpc) is 3.23. The Balaban J connectivity index is 1.48. The number of piperazine rings is 1. The van der Waals surface area contributed by atoms with Gasteiger partial charge in [-0.1, -0.05) is 40.4 Å². The fourth-order valence-electron chi connectivity index (χ4n) is 3.31. The number of rotatable bonds is 4. The third-order valence-electron chi connectivity index (χ3n) is 4.79. The molecule has 0 radical (unpaired) electrons. The van der Waals surface area contributed by atoms with Gasteiger partial charge < -0.3 is 14.5 Å². The molecule has 6 nitrogen and oxygen atoms in total. The Bertz CT molecular complexity index is 968. The molecule has 28 heavy (non-hydrogen) atoms. The van der Waals surface area contributed by atoms with Crippen LogP contribution in [0.25, 0.3) is 11.3 Å². The zero-order valence-electron chi connectivity index (χ0n) is 15.3. The summed E-state index contributed by atoms with van der Waals surface area (Å²) in [5, 5.41) is 4.81. The highest BCUT2D eigenvalue weighted by molar-refractivity contribution is 7.08. The van der Waals surface area contributed by atoms with Crippen LogP contribution < -0.4 is 9.64 Å². The molecule has 0 saturated carbocycles. The molecule has 3 aromatic rings. The Morgan fingerprint density at radius 3 is 2.50 bits per heavy atom. The number of carbonyl (C=O) groups is 1. The summed E-state index contributed by atoms with van der Waals surface area (Å²) in [6, 6.07) is 15.2. The second-order valence-electron chi connectivity index (χ2n) is 6.41. The number of nitrogens with zero attached hydrogens (tertiary/aromatic N) is 4. The van der Waals surface area contributed by atoms with Gasteiger partial charge in [0.05, 0.1) is 12.8 Å². The van der Waals surface area contributed by atoms with E-state index in [1.165, 1.54) is 0 Å². The van der Waals surface area contributed by atoms with Crippen molar-refractivity contribution in [1.82, 2.24) is 14.5 Å². The van der Waals surface area contributed by atoms with Crippen LogP contribution in [0.15, 0.2) is 48.5 Å². The van der Waals surface area contributed by atoms with Gasteiger partial charge in [0.25, 0.3) is 5.91 Å². The van der Waals surface area contributed by atoms with Crippen LogP contribution >= 0.6 is 23.1 Å². The standard InChI is InChI=1S/C20H19ClN4O2S/c1-27-17-5-3-2-4-16(17)24-10-12-25(13-11-24)20(26)19-18(22-23-28-19)14-6-8-15(21)9-7-14/h2-9H,10-13H2,1H3. The van der Waals surface area contributed by atoms with Crippen LogP contribution in [0.4, 0.5) is 5.69 Å². The van der Waals surface area contributed by atoms with Crippen molar-refractivity contribution >= 4 is 34.7 Å². The molecule has 0 N–H and O–H groups in total. The van der Waals surface area contributed by atoms with Crippen LogP contribution in [0.2, 0.25) is 5.02 Å². The summed E-state index contributed by atoms with van der Waals surface area (Å²) in [7, 11) is 1.67. The first-order chi connectivity index (χ1) is 13.7. The summed E-state index contributed by atoms with van der Waals surface area (Å²) in [5.41, 5.74) is 2.51. The first kappa shape index (κ1) is 18.7. The number of carbonyl (C=O) groups excluding carboxylic acids is 1. The lowest BCUT2D eigenvalue weighted by Crippen LogP contribution is -2.48. The van der Waals surface area contributed by atoms with Gasteiger partial charge in [0.15, 0.2) is 0 Å². The summed E-state index contributed by atoms with van der Waals surface area (Å²) >= 11 is 7.10. The van der Waals surface area contributed by atoms with E-state index in [0.29, 0.717) is 28.7 Å². The summed E-state index contributed by atoms with van der Waals surface area (Å²) in [6.07, 6.45) is 0. The zero-order chi connectivity index (χ0) is 19.5. The molecule has 1 amide bonds. The minimum absolute atomic E-state index is 0.0281. The molecule has 2 aromatic carbocycles. The van der Waals surface area contributed by atoms with Gasteiger partial charge in [-0.25, -0.2) is 0 Å². The number of hydrogen-bond donors (Lipinski definition) is 0. The lowest BCUT2D eigenvalue weighted by atomic mass is 10.1. The molecule has 1 fully saturated rings. The van der Waals surface area contributed by atoms with Gasteiger partial charge in [0.2, 0.25) is 0 Å². The molecule has 1 aliphatic heterocycles. The quantitative estimate of drug-likeness (QED) is 0.649. The molecule has 1 aliphatic rings. The average molecular weight is 415 g/mol. The Labute approximate surface area is 172 Å². The van der Waals surface area contributed by atoms with E-state index in [1.807, 2.05) is 41.3 Å². The third kappa shape index (κ3) is 3.68. The molecule has 144 valence electrons. The number of methoxy groups -OCH3 is 1. The Hall–Kier alpha value is -2.64. The van der Waals surface area contributed by atoms with E-state index >= 15 is 0 Å². The second kappa shape index (κ2) is 8.16. The molecule has 8 heteroatoms. The van der Waals surface area contributed by atoms with Crippen molar-refractivity contribution in [1.29, 1.82) is 0 Å². The molecular weight excluding hydrogens is 396 g/mol. The lowest BCUT2D eigenvalue weighted by Gasteiger charge is -2.36. The number of aromatic nitrogens is 2. The molecule has 0 aliphatic carbocycles. The highest BCUT2D eigenvalue weighted by Gasteiger charge is 2.27. The van der Waals surface area contributed by atoms with Crippen molar-refractivity contribution in [2.45, 2.75) is 0 Å². The van der Waals surface area contributed by atoms with E-state index in [1.54, 1.807) is 19.2 Å². The summed E-state index contributed by atoms with van der Waals surface area (Å²) in [6.45, 7) is 2.76. The first-order valence-corrected chi connectivity index (χ1v) is 10.1. The van der Waals surface area contributed by atoms with Crippen molar-refractivity contribution in [2.24, 2.45) is 0 Å². The fourth-order valence-corrected chi connectivity index (χ4v) is 4.10. The highest BCUT2D eigenvalue weighted by atomic mass is 35.5. The van der Waals surface area contributed by atoms with E-state index < -0.39 is 0 Å². The molecule has 2 heterocycles.